The molecule has 6 heteroatoms. The van der Waals surface area contributed by atoms with Gasteiger partial charge in [-0.2, -0.15) is 17.0 Å². The van der Waals surface area contributed by atoms with E-state index in [2.05, 4.69) is 13.8 Å². The molecule has 1 atom stereocenters. The van der Waals surface area contributed by atoms with Gasteiger partial charge in [-0.1, -0.05) is 20.3 Å². The molecule has 0 saturated carbocycles. The van der Waals surface area contributed by atoms with Crippen molar-refractivity contribution in [3.63, 3.8) is 0 Å². The molecule has 2 N–H and O–H groups in total. The van der Waals surface area contributed by atoms with Crippen LogP contribution >= 0.6 is 0 Å². The highest BCUT2D eigenvalue weighted by molar-refractivity contribution is 7.86. The van der Waals surface area contributed by atoms with E-state index in [4.69, 9.17) is 5.73 Å². The molecule has 2 fully saturated rings. The molecular weight excluding hydrogens is 262 g/mol. The van der Waals surface area contributed by atoms with Crippen molar-refractivity contribution in [1.82, 2.24) is 8.61 Å². The van der Waals surface area contributed by atoms with E-state index in [0.29, 0.717) is 26.2 Å². The van der Waals surface area contributed by atoms with Crippen LogP contribution in [0.4, 0.5) is 0 Å². The highest BCUT2D eigenvalue weighted by atomic mass is 32.2. The van der Waals surface area contributed by atoms with Crippen LogP contribution in [0.1, 0.15) is 46.0 Å². The molecular formula is C13H27N3O2S. The maximum absolute atomic E-state index is 12.7. The first-order valence-corrected chi connectivity index (χ1v) is 8.73. The Morgan fingerprint density at radius 3 is 2.37 bits per heavy atom. The van der Waals surface area contributed by atoms with Crippen LogP contribution < -0.4 is 5.73 Å². The molecule has 0 amide bonds. The van der Waals surface area contributed by atoms with Crippen LogP contribution in [0.25, 0.3) is 0 Å². The molecule has 0 aromatic heterocycles. The smallest absolute Gasteiger partial charge is 0.282 e. The zero-order chi connectivity index (χ0) is 14.1. The minimum Gasteiger partial charge on any atom is -0.329 e. The lowest BCUT2D eigenvalue weighted by Gasteiger charge is -2.41. The van der Waals surface area contributed by atoms with Gasteiger partial charge in [-0.3, -0.25) is 0 Å². The zero-order valence-electron chi connectivity index (χ0n) is 12.1. The predicted molar refractivity (Wildman–Crippen MR) is 76.9 cm³/mol. The first-order chi connectivity index (χ1) is 8.87. The second-order valence-corrected chi connectivity index (χ2v) is 8.45. The van der Waals surface area contributed by atoms with Gasteiger partial charge in [0.05, 0.1) is 0 Å². The molecule has 0 radical (unpaired) electrons. The largest absolute Gasteiger partial charge is 0.329 e. The summed E-state index contributed by atoms with van der Waals surface area (Å²) in [5, 5.41) is 0. The number of rotatable bonds is 3. The predicted octanol–water partition coefficient (Wildman–Crippen LogP) is 1.17. The number of hydrogen-bond acceptors (Lipinski definition) is 3. The molecule has 19 heavy (non-hydrogen) atoms. The first-order valence-electron chi connectivity index (χ1n) is 7.34. The number of nitrogens with zero attached hydrogens (tertiary/aromatic N) is 2. The fourth-order valence-electron chi connectivity index (χ4n) is 2.98. The van der Waals surface area contributed by atoms with Crippen LogP contribution in [-0.4, -0.2) is 49.2 Å². The molecule has 2 saturated heterocycles. The van der Waals surface area contributed by atoms with Crippen LogP contribution in [0, 0.1) is 5.41 Å². The molecule has 0 bridgehead atoms. The highest BCUT2D eigenvalue weighted by Gasteiger charge is 2.38. The molecule has 0 aromatic rings. The van der Waals surface area contributed by atoms with Crippen LogP contribution in [0.3, 0.4) is 0 Å². The van der Waals surface area contributed by atoms with E-state index in [1.165, 1.54) is 0 Å². The highest BCUT2D eigenvalue weighted by Crippen LogP contribution is 2.32. The van der Waals surface area contributed by atoms with E-state index < -0.39 is 10.2 Å². The van der Waals surface area contributed by atoms with E-state index in [9.17, 15) is 8.42 Å². The van der Waals surface area contributed by atoms with Gasteiger partial charge in [0.2, 0.25) is 0 Å². The lowest BCUT2D eigenvalue weighted by Crippen LogP contribution is -2.54. The van der Waals surface area contributed by atoms with Crippen molar-refractivity contribution in [1.29, 1.82) is 0 Å². The summed E-state index contributed by atoms with van der Waals surface area (Å²) in [5.41, 5.74) is 6.00. The molecule has 2 rings (SSSR count). The summed E-state index contributed by atoms with van der Waals surface area (Å²) in [4.78, 5) is 0. The summed E-state index contributed by atoms with van der Waals surface area (Å²) in [5.74, 6) is 0. The zero-order valence-corrected chi connectivity index (χ0v) is 13.0. The summed E-state index contributed by atoms with van der Waals surface area (Å²) >= 11 is 0. The van der Waals surface area contributed by atoms with Crippen molar-refractivity contribution >= 4 is 10.2 Å². The lowest BCUT2D eigenvalue weighted by atomic mass is 9.83. The van der Waals surface area contributed by atoms with Crippen molar-refractivity contribution in [3.8, 4) is 0 Å². The Kier molecular flexibility index (Phi) is 4.55. The Bertz CT molecular complexity index is 398. The van der Waals surface area contributed by atoms with Gasteiger partial charge in [0.1, 0.15) is 0 Å². The van der Waals surface area contributed by atoms with Crippen molar-refractivity contribution in [2.75, 3.05) is 26.2 Å². The Balaban J connectivity index is 2.09. The quantitative estimate of drug-likeness (QED) is 0.848. The standard InChI is InChI=1S/C13H27N3O2S/c1-13(2)6-9-15(10-7-13)19(17,18)16-8-4-3-5-12(16)11-14/h12H,3-11,14H2,1-2H3. The second-order valence-electron chi connectivity index (χ2n) is 6.57. The summed E-state index contributed by atoms with van der Waals surface area (Å²) in [6.45, 7) is 6.76. The van der Waals surface area contributed by atoms with Crippen LogP contribution in [0.15, 0.2) is 0 Å². The Hall–Kier alpha value is -0.170. The summed E-state index contributed by atoms with van der Waals surface area (Å²) in [6.07, 6.45) is 4.81. The topological polar surface area (TPSA) is 66.6 Å². The molecule has 0 aromatic carbocycles. The van der Waals surface area contributed by atoms with E-state index >= 15 is 0 Å². The minimum absolute atomic E-state index is 0.00585. The average molecular weight is 289 g/mol. The van der Waals surface area contributed by atoms with E-state index in [1.54, 1.807) is 8.61 Å². The van der Waals surface area contributed by atoms with Crippen LogP contribution in [0.5, 0.6) is 0 Å². The molecule has 5 nitrogen and oxygen atoms in total. The lowest BCUT2D eigenvalue weighted by molar-refractivity contribution is 0.174. The molecule has 0 spiro atoms. The van der Waals surface area contributed by atoms with Crippen LogP contribution in [0.2, 0.25) is 0 Å². The number of piperidine rings is 2. The van der Waals surface area contributed by atoms with Crippen molar-refractivity contribution in [2.24, 2.45) is 11.1 Å². The molecule has 2 heterocycles. The van der Waals surface area contributed by atoms with Gasteiger partial charge in [-0.05, 0) is 31.1 Å². The van der Waals surface area contributed by atoms with Gasteiger partial charge in [0, 0.05) is 32.2 Å². The molecule has 2 aliphatic heterocycles. The summed E-state index contributed by atoms with van der Waals surface area (Å²) < 4.78 is 28.7. The molecule has 2 aliphatic rings. The van der Waals surface area contributed by atoms with Crippen molar-refractivity contribution < 1.29 is 8.42 Å². The fraction of sp³-hybridized carbons (Fsp3) is 1.00. The summed E-state index contributed by atoms with van der Waals surface area (Å²) in [7, 11) is -3.31. The Morgan fingerprint density at radius 1 is 1.16 bits per heavy atom. The Labute approximate surface area is 117 Å². The average Bonchev–Trinajstić information content (AvgIpc) is 2.38. The normalized spacial score (nSPS) is 30.4. The van der Waals surface area contributed by atoms with E-state index in [-0.39, 0.29) is 11.5 Å². The summed E-state index contributed by atoms with van der Waals surface area (Å²) in [6, 6.07) is -0.00585. The first kappa shape index (κ1) is 15.2. The van der Waals surface area contributed by atoms with Crippen molar-refractivity contribution in [2.45, 2.75) is 52.0 Å². The Morgan fingerprint density at radius 2 is 1.79 bits per heavy atom. The molecule has 112 valence electrons. The molecule has 1 unspecified atom stereocenters. The van der Waals surface area contributed by atoms with E-state index in [1.807, 2.05) is 0 Å². The van der Waals surface area contributed by atoms with Gasteiger partial charge in [0.15, 0.2) is 0 Å². The van der Waals surface area contributed by atoms with Gasteiger partial charge in [-0.15, -0.1) is 0 Å². The third-order valence-corrected chi connectivity index (χ3v) is 6.63. The number of hydrogen-bond donors (Lipinski definition) is 1. The van der Waals surface area contributed by atoms with Crippen LogP contribution in [-0.2, 0) is 10.2 Å². The van der Waals surface area contributed by atoms with Crippen molar-refractivity contribution in [3.05, 3.63) is 0 Å². The SMILES string of the molecule is CC1(C)CCN(S(=O)(=O)N2CCCCC2CN)CC1. The third-order valence-electron chi connectivity index (χ3n) is 4.54. The maximum Gasteiger partial charge on any atom is 0.282 e. The van der Waals surface area contributed by atoms with Gasteiger partial charge < -0.3 is 5.73 Å². The number of nitrogens with two attached hydrogens (primary N) is 1. The maximum atomic E-state index is 12.7. The van der Waals surface area contributed by atoms with Gasteiger partial charge >= 0.3 is 0 Å². The van der Waals surface area contributed by atoms with Gasteiger partial charge in [-0.25, -0.2) is 0 Å². The second kappa shape index (κ2) is 5.68. The monoisotopic (exact) mass is 289 g/mol. The fourth-order valence-corrected chi connectivity index (χ4v) is 4.85. The molecule has 0 aliphatic carbocycles. The minimum atomic E-state index is -3.31. The van der Waals surface area contributed by atoms with E-state index in [0.717, 1.165) is 32.1 Å². The van der Waals surface area contributed by atoms with Gasteiger partial charge in [0.25, 0.3) is 10.2 Å². The third kappa shape index (κ3) is 3.29.